The number of carboxylic acids is 1. The van der Waals surface area contributed by atoms with Crippen LogP contribution in [0.25, 0.3) is 0 Å². The van der Waals surface area contributed by atoms with E-state index in [1.165, 1.54) is 12.8 Å². The van der Waals surface area contributed by atoms with Gasteiger partial charge in [0.05, 0.1) is 12.3 Å². The number of hydrogen-bond donors (Lipinski definition) is 2. The standard InChI is InChI=1S/C18H24O4S/c1-2-3-4-5-6-7-8-14(13-17(19)20)18(21)22-15-9-11-16(23)12-10-15/h7-12,14,23H,2-6,13H2,1H3,(H,19,20). The molecule has 0 heterocycles. The van der Waals surface area contributed by atoms with E-state index in [-0.39, 0.29) is 6.42 Å². The minimum absolute atomic E-state index is 0.269. The molecular weight excluding hydrogens is 312 g/mol. The molecule has 0 fully saturated rings. The van der Waals surface area contributed by atoms with Crippen molar-refractivity contribution >= 4 is 24.6 Å². The van der Waals surface area contributed by atoms with Gasteiger partial charge in [0, 0.05) is 4.90 Å². The molecule has 0 amide bonds. The van der Waals surface area contributed by atoms with Gasteiger partial charge in [-0.05, 0) is 37.1 Å². The van der Waals surface area contributed by atoms with Gasteiger partial charge >= 0.3 is 11.9 Å². The molecule has 4 nitrogen and oxygen atoms in total. The van der Waals surface area contributed by atoms with Crippen LogP contribution in [0, 0.1) is 5.92 Å². The van der Waals surface area contributed by atoms with Gasteiger partial charge in [0.2, 0.25) is 0 Å². The topological polar surface area (TPSA) is 63.6 Å². The number of thiol groups is 1. The molecule has 0 aromatic heterocycles. The Morgan fingerprint density at radius 2 is 1.91 bits per heavy atom. The summed E-state index contributed by atoms with van der Waals surface area (Å²) in [7, 11) is 0. The van der Waals surface area contributed by atoms with Crippen LogP contribution in [0.3, 0.4) is 0 Å². The van der Waals surface area contributed by atoms with E-state index in [1.54, 1.807) is 30.3 Å². The van der Waals surface area contributed by atoms with Crippen LogP contribution in [0.15, 0.2) is 41.3 Å². The lowest BCUT2D eigenvalue weighted by molar-refractivity contribution is -0.144. The first-order chi connectivity index (χ1) is 11.0. The Morgan fingerprint density at radius 1 is 1.22 bits per heavy atom. The van der Waals surface area contributed by atoms with Gasteiger partial charge in [0.15, 0.2) is 0 Å². The molecule has 0 radical (unpaired) electrons. The number of allylic oxidation sites excluding steroid dienone is 1. The minimum atomic E-state index is -1.02. The Kier molecular flexibility index (Phi) is 9.14. The van der Waals surface area contributed by atoms with Crippen molar-refractivity contribution < 1.29 is 19.4 Å². The van der Waals surface area contributed by atoms with Gasteiger partial charge in [-0.1, -0.05) is 38.3 Å². The van der Waals surface area contributed by atoms with Crippen LogP contribution in [0.2, 0.25) is 0 Å². The molecule has 0 aliphatic heterocycles. The highest BCUT2D eigenvalue weighted by molar-refractivity contribution is 7.80. The second-order valence-electron chi connectivity index (χ2n) is 5.40. The lowest BCUT2D eigenvalue weighted by Gasteiger charge is -2.10. The van der Waals surface area contributed by atoms with E-state index in [1.807, 2.05) is 6.08 Å². The molecule has 1 aromatic rings. The van der Waals surface area contributed by atoms with Crippen molar-refractivity contribution in [1.82, 2.24) is 0 Å². The third-order valence-electron chi connectivity index (χ3n) is 3.35. The molecule has 1 atom stereocenters. The Hall–Kier alpha value is -1.75. The monoisotopic (exact) mass is 336 g/mol. The quantitative estimate of drug-likeness (QED) is 0.217. The number of carboxylic acid groups (broad SMARTS) is 1. The second-order valence-corrected chi connectivity index (χ2v) is 5.91. The van der Waals surface area contributed by atoms with Gasteiger partial charge in [-0.3, -0.25) is 9.59 Å². The molecule has 1 rings (SSSR count). The van der Waals surface area contributed by atoms with Gasteiger partial charge in [0.1, 0.15) is 5.75 Å². The minimum Gasteiger partial charge on any atom is -0.481 e. The third kappa shape index (κ3) is 8.45. The van der Waals surface area contributed by atoms with Crippen molar-refractivity contribution in [2.24, 2.45) is 5.92 Å². The molecule has 1 unspecified atom stereocenters. The molecule has 0 saturated carbocycles. The fourth-order valence-corrected chi connectivity index (χ4v) is 2.22. The lowest BCUT2D eigenvalue weighted by atomic mass is 10.0. The molecule has 0 saturated heterocycles. The molecule has 0 aliphatic carbocycles. The normalized spacial score (nSPS) is 12.3. The molecule has 0 spiro atoms. The smallest absolute Gasteiger partial charge is 0.318 e. The highest BCUT2D eigenvalue weighted by Gasteiger charge is 2.21. The number of aliphatic carboxylic acids is 1. The summed E-state index contributed by atoms with van der Waals surface area (Å²) < 4.78 is 5.24. The van der Waals surface area contributed by atoms with Crippen LogP contribution in [0.4, 0.5) is 0 Å². The Bertz CT molecular complexity index is 522. The van der Waals surface area contributed by atoms with E-state index in [9.17, 15) is 9.59 Å². The van der Waals surface area contributed by atoms with E-state index in [2.05, 4.69) is 19.6 Å². The average molecular weight is 336 g/mol. The fraction of sp³-hybridized carbons (Fsp3) is 0.444. The number of carbonyl (C=O) groups is 2. The van der Waals surface area contributed by atoms with Crippen LogP contribution in [-0.4, -0.2) is 17.0 Å². The molecule has 0 bridgehead atoms. The zero-order valence-corrected chi connectivity index (χ0v) is 14.3. The molecule has 5 heteroatoms. The number of rotatable bonds is 10. The first-order valence-electron chi connectivity index (χ1n) is 7.92. The van der Waals surface area contributed by atoms with E-state index < -0.39 is 17.9 Å². The highest BCUT2D eigenvalue weighted by Crippen LogP contribution is 2.18. The van der Waals surface area contributed by atoms with Crippen molar-refractivity contribution in [1.29, 1.82) is 0 Å². The SMILES string of the molecule is CCCCCCC=CC(CC(=O)O)C(=O)Oc1ccc(S)cc1. The van der Waals surface area contributed by atoms with Crippen LogP contribution >= 0.6 is 12.6 Å². The zero-order chi connectivity index (χ0) is 17.1. The summed E-state index contributed by atoms with van der Waals surface area (Å²) in [5.74, 6) is -1.95. The van der Waals surface area contributed by atoms with E-state index >= 15 is 0 Å². The molecule has 0 aliphatic rings. The largest absolute Gasteiger partial charge is 0.481 e. The van der Waals surface area contributed by atoms with Crippen molar-refractivity contribution in [2.45, 2.75) is 50.3 Å². The number of carbonyl (C=O) groups excluding carboxylic acids is 1. The summed E-state index contributed by atoms with van der Waals surface area (Å²) in [6.45, 7) is 2.15. The van der Waals surface area contributed by atoms with Crippen LogP contribution < -0.4 is 4.74 Å². The van der Waals surface area contributed by atoms with Crippen LogP contribution in [0.5, 0.6) is 5.75 Å². The van der Waals surface area contributed by atoms with Gasteiger partial charge < -0.3 is 9.84 Å². The summed E-state index contributed by atoms with van der Waals surface area (Å²) in [6.07, 6.45) is 8.65. The number of esters is 1. The second kappa shape index (κ2) is 10.9. The van der Waals surface area contributed by atoms with Gasteiger partial charge in [-0.25, -0.2) is 0 Å². The van der Waals surface area contributed by atoms with E-state index in [0.717, 1.165) is 24.2 Å². The lowest BCUT2D eigenvalue weighted by Crippen LogP contribution is -2.21. The van der Waals surface area contributed by atoms with Gasteiger partial charge in [-0.2, -0.15) is 0 Å². The Morgan fingerprint density at radius 3 is 2.52 bits per heavy atom. The Balaban J connectivity index is 2.57. The summed E-state index contributed by atoms with van der Waals surface area (Å²) in [5, 5.41) is 8.96. The summed E-state index contributed by atoms with van der Waals surface area (Å²) in [4.78, 5) is 23.8. The number of unbranched alkanes of at least 4 members (excludes halogenated alkanes) is 4. The van der Waals surface area contributed by atoms with E-state index in [4.69, 9.17) is 9.84 Å². The maximum absolute atomic E-state index is 12.1. The van der Waals surface area contributed by atoms with Crippen molar-refractivity contribution in [3.8, 4) is 5.75 Å². The fourth-order valence-electron chi connectivity index (χ4n) is 2.07. The zero-order valence-electron chi connectivity index (χ0n) is 13.4. The van der Waals surface area contributed by atoms with Crippen LogP contribution in [0.1, 0.15) is 45.4 Å². The molecule has 1 N–H and O–H groups in total. The Labute approximate surface area is 143 Å². The van der Waals surface area contributed by atoms with Crippen LogP contribution in [-0.2, 0) is 9.59 Å². The third-order valence-corrected chi connectivity index (χ3v) is 3.64. The average Bonchev–Trinajstić information content (AvgIpc) is 2.51. The van der Waals surface area contributed by atoms with Crippen molar-refractivity contribution in [3.05, 3.63) is 36.4 Å². The number of benzene rings is 1. The first-order valence-corrected chi connectivity index (χ1v) is 8.36. The molecule has 1 aromatic carbocycles. The predicted octanol–water partition coefficient (Wildman–Crippen LogP) is 4.50. The highest BCUT2D eigenvalue weighted by atomic mass is 32.1. The predicted molar refractivity (Wildman–Crippen MR) is 93.0 cm³/mol. The van der Waals surface area contributed by atoms with Crippen molar-refractivity contribution in [3.63, 3.8) is 0 Å². The number of hydrogen-bond acceptors (Lipinski definition) is 4. The summed E-state index contributed by atoms with van der Waals surface area (Å²) in [6, 6.07) is 6.68. The first kappa shape index (κ1) is 19.3. The van der Waals surface area contributed by atoms with E-state index in [0.29, 0.717) is 5.75 Å². The molecule has 126 valence electrons. The molecular formula is C18H24O4S. The molecule has 23 heavy (non-hydrogen) atoms. The summed E-state index contributed by atoms with van der Waals surface area (Å²) in [5.41, 5.74) is 0. The van der Waals surface area contributed by atoms with Gasteiger partial charge in [-0.15, -0.1) is 12.6 Å². The maximum Gasteiger partial charge on any atom is 0.318 e. The van der Waals surface area contributed by atoms with Gasteiger partial charge in [0.25, 0.3) is 0 Å². The summed E-state index contributed by atoms with van der Waals surface area (Å²) >= 11 is 4.16. The maximum atomic E-state index is 12.1. The van der Waals surface area contributed by atoms with Crippen molar-refractivity contribution in [2.75, 3.05) is 0 Å². The number of ether oxygens (including phenoxy) is 1.